The molecular weight excluding hydrogens is 556 g/mol. The van der Waals surface area contributed by atoms with Crippen LogP contribution in [-0.4, -0.2) is 82.5 Å². The number of hydrogen-bond donors (Lipinski definition) is 3. The molecule has 0 saturated heterocycles. The summed E-state index contributed by atoms with van der Waals surface area (Å²) in [5, 5.41) is 22.5. The second-order valence-corrected chi connectivity index (χ2v) is 11.6. The molecule has 11 heteroatoms. The Morgan fingerprint density at radius 2 is 1.77 bits per heavy atom. The summed E-state index contributed by atoms with van der Waals surface area (Å²) in [6, 6.07) is 8.87. The minimum Gasteiger partial charge on any atom is -0.507 e. The van der Waals surface area contributed by atoms with Crippen molar-refractivity contribution in [2.75, 3.05) is 20.7 Å². The molecule has 224 valence electrons. The minimum atomic E-state index is -2.77. The molecule has 5 rings (SSSR count). The third-order valence-corrected chi connectivity index (χ3v) is 8.92. The number of phenols is 1. The molecule has 2 aromatic carbocycles. The molecule has 2 fully saturated rings. The average Bonchev–Trinajstić information content (AvgIpc) is 2.94. The summed E-state index contributed by atoms with van der Waals surface area (Å²) in [4.78, 5) is 80.1. The highest BCUT2D eigenvalue weighted by atomic mass is 16.5. The summed E-state index contributed by atoms with van der Waals surface area (Å²) in [5.41, 5.74) is 5.02. The highest BCUT2D eigenvalue weighted by molar-refractivity contribution is 6.32. The van der Waals surface area contributed by atoms with E-state index >= 15 is 0 Å². The number of benzene rings is 2. The smallest absolute Gasteiger partial charge is 0.310 e. The molecule has 43 heavy (non-hydrogen) atoms. The van der Waals surface area contributed by atoms with Crippen LogP contribution in [0.2, 0.25) is 0 Å². The molecule has 2 unspecified atom stereocenters. The Labute approximate surface area is 247 Å². The molecule has 0 radical (unpaired) electrons. The molecule has 4 N–H and O–H groups in total. The van der Waals surface area contributed by atoms with Gasteiger partial charge in [0.2, 0.25) is 5.91 Å². The predicted octanol–water partition coefficient (Wildman–Crippen LogP) is 0.806. The molecule has 1 amide bonds. The van der Waals surface area contributed by atoms with Crippen molar-refractivity contribution in [2.45, 2.75) is 30.9 Å². The summed E-state index contributed by atoms with van der Waals surface area (Å²) < 4.78 is 5.03. The Bertz CT molecular complexity index is 1580. The molecule has 6 atom stereocenters. The maximum absolute atomic E-state index is 13.9. The molecule has 2 aromatic rings. The van der Waals surface area contributed by atoms with Crippen LogP contribution in [0.4, 0.5) is 0 Å². The van der Waals surface area contributed by atoms with Gasteiger partial charge in [-0.1, -0.05) is 43.0 Å². The monoisotopic (exact) mass is 588 g/mol. The van der Waals surface area contributed by atoms with Crippen molar-refractivity contribution in [1.82, 2.24) is 4.90 Å². The number of nitrogens with two attached hydrogens (primary N) is 1. The molecule has 3 aliphatic rings. The lowest BCUT2D eigenvalue weighted by molar-refractivity contribution is -0.181. The second-order valence-electron chi connectivity index (χ2n) is 11.6. The average molecular weight is 589 g/mol. The molecule has 0 aliphatic heterocycles. The van der Waals surface area contributed by atoms with Crippen LogP contribution in [0.5, 0.6) is 5.75 Å². The Morgan fingerprint density at radius 1 is 1.09 bits per heavy atom. The van der Waals surface area contributed by atoms with E-state index in [0.29, 0.717) is 22.3 Å². The third kappa shape index (κ3) is 4.68. The fourth-order valence-electron chi connectivity index (χ4n) is 7.05. The molecular formula is C32H32N2O9. The van der Waals surface area contributed by atoms with E-state index in [1.165, 1.54) is 31.1 Å². The number of carbonyl (C=O) groups excluding carboxylic acids is 6. The van der Waals surface area contributed by atoms with Crippen LogP contribution < -0.4 is 5.73 Å². The number of aliphatic hydroxyl groups is 1. The first-order chi connectivity index (χ1) is 20.3. The van der Waals surface area contributed by atoms with Crippen molar-refractivity contribution in [2.24, 2.45) is 29.4 Å². The highest BCUT2D eigenvalue weighted by Gasteiger charge is 2.69. The molecule has 2 saturated carbocycles. The fourth-order valence-corrected chi connectivity index (χ4v) is 7.05. The van der Waals surface area contributed by atoms with Crippen LogP contribution >= 0.6 is 0 Å². The maximum atomic E-state index is 13.9. The summed E-state index contributed by atoms with van der Waals surface area (Å²) in [6.45, 7) is 3.62. The number of phenolic OH excluding ortho intramolecular Hbond substituents is 1. The Balaban J connectivity index is 1.54. The van der Waals surface area contributed by atoms with Crippen LogP contribution in [0, 0.1) is 23.7 Å². The lowest BCUT2D eigenvalue weighted by Gasteiger charge is -2.52. The summed E-state index contributed by atoms with van der Waals surface area (Å²) in [5.74, 6) is -11.3. The van der Waals surface area contributed by atoms with Gasteiger partial charge in [0, 0.05) is 5.92 Å². The van der Waals surface area contributed by atoms with E-state index in [1.54, 1.807) is 30.3 Å². The standard InChI is InChI=1S/C32H32N2O9/c1-4-11-43-22(36)12-15-5-7-16(8-6-15)18-9-10-21(35)24-19(18)13-17-14-20-26(34(2)3)28(38)25(31(33)41)30(40)32(20,42)29(39)23(17)27(24)37/h4-10,17,20,23,25-26,35,42H,1,11-14H2,2-3H3,(H2,33,41)/t17-,20-,23?,25?,26-,32-/m1/s1. The van der Waals surface area contributed by atoms with E-state index in [1.807, 2.05) is 0 Å². The first-order valence-electron chi connectivity index (χ1n) is 13.9. The number of primary amides is 1. The number of esters is 1. The van der Waals surface area contributed by atoms with Gasteiger partial charge in [0.25, 0.3) is 0 Å². The molecule has 0 heterocycles. The van der Waals surface area contributed by atoms with Gasteiger partial charge < -0.3 is 20.7 Å². The van der Waals surface area contributed by atoms with Crippen LogP contribution in [-0.2, 0) is 41.6 Å². The topological polar surface area (TPSA) is 181 Å². The van der Waals surface area contributed by atoms with E-state index in [9.17, 15) is 39.0 Å². The summed E-state index contributed by atoms with van der Waals surface area (Å²) in [7, 11) is 3.07. The number of likely N-dealkylation sites (N-methyl/N-ethyl adjacent to an activating group) is 1. The minimum absolute atomic E-state index is 0.0370. The number of hydrogen-bond acceptors (Lipinski definition) is 10. The Kier molecular flexibility index (Phi) is 7.66. The lowest BCUT2D eigenvalue weighted by Crippen LogP contribution is -2.74. The normalized spacial score (nSPS) is 28.1. The molecule has 3 aliphatic carbocycles. The van der Waals surface area contributed by atoms with Crippen molar-refractivity contribution in [3.8, 4) is 16.9 Å². The number of ether oxygens (including phenoxy) is 1. The number of aromatic hydroxyl groups is 1. The zero-order valence-corrected chi connectivity index (χ0v) is 23.7. The predicted molar refractivity (Wildman–Crippen MR) is 152 cm³/mol. The zero-order valence-electron chi connectivity index (χ0n) is 23.7. The number of amides is 1. The third-order valence-electron chi connectivity index (χ3n) is 8.92. The van der Waals surface area contributed by atoms with Crippen molar-refractivity contribution in [3.05, 3.63) is 65.7 Å². The van der Waals surface area contributed by atoms with Gasteiger partial charge in [-0.15, -0.1) is 0 Å². The van der Waals surface area contributed by atoms with Crippen molar-refractivity contribution < 1.29 is 43.7 Å². The van der Waals surface area contributed by atoms with E-state index < -0.39 is 70.3 Å². The number of Topliss-reactive ketones (excluding diaryl/α,β-unsaturated/α-hetero) is 4. The first-order valence-corrected chi connectivity index (χ1v) is 13.9. The van der Waals surface area contributed by atoms with Gasteiger partial charge in [-0.05, 0) is 61.2 Å². The van der Waals surface area contributed by atoms with E-state index in [2.05, 4.69) is 6.58 Å². The van der Waals surface area contributed by atoms with Crippen molar-refractivity contribution in [3.63, 3.8) is 0 Å². The van der Waals surface area contributed by atoms with E-state index in [-0.39, 0.29) is 37.2 Å². The molecule has 11 nitrogen and oxygen atoms in total. The number of nitrogens with zero attached hydrogens (tertiary/aromatic N) is 1. The second kappa shape index (κ2) is 11.0. The summed E-state index contributed by atoms with van der Waals surface area (Å²) in [6.07, 6.45) is 1.64. The molecule has 0 aromatic heterocycles. The van der Waals surface area contributed by atoms with Crippen LogP contribution in [0.25, 0.3) is 11.1 Å². The van der Waals surface area contributed by atoms with Crippen LogP contribution in [0.1, 0.15) is 27.9 Å². The van der Waals surface area contributed by atoms with Gasteiger partial charge in [-0.2, -0.15) is 0 Å². The van der Waals surface area contributed by atoms with Crippen molar-refractivity contribution in [1.29, 1.82) is 0 Å². The molecule has 0 bridgehead atoms. The van der Waals surface area contributed by atoms with Crippen LogP contribution in [0.15, 0.2) is 49.1 Å². The van der Waals surface area contributed by atoms with E-state index in [4.69, 9.17) is 10.5 Å². The highest BCUT2D eigenvalue weighted by Crippen LogP contribution is 2.51. The number of ketones is 4. The Hall–Kier alpha value is -4.48. The number of fused-ring (bicyclic) bond motifs is 3. The van der Waals surface area contributed by atoms with Crippen LogP contribution in [0.3, 0.4) is 0 Å². The lowest BCUT2D eigenvalue weighted by atomic mass is 9.52. The van der Waals surface area contributed by atoms with Gasteiger partial charge in [-0.3, -0.25) is 33.7 Å². The zero-order chi connectivity index (χ0) is 31.4. The van der Waals surface area contributed by atoms with Gasteiger partial charge in [-0.25, -0.2) is 0 Å². The number of rotatable bonds is 7. The molecule has 0 spiro atoms. The maximum Gasteiger partial charge on any atom is 0.310 e. The number of carbonyl (C=O) groups is 6. The Morgan fingerprint density at radius 3 is 2.37 bits per heavy atom. The quantitative estimate of drug-likeness (QED) is 0.238. The first kappa shape index (κ1) is 30.0. The SMILES string of the molecule is C=CCOC(=O)Cc1ccc(-c2ccc(O)c3c2C[C@@H]2C[C@@H]4[C@@H](N(C)C)C(=O)C(C(N)=O)C(=O)[C@]4(O)C(=O)C2C3=O)cc1. The van der Waals surface area contributed by atoms with E-state index in [0.717, 1.165) is 0 Å². The largest absolute Gasteiger partial charge is 0.507 e. The summed E-state index contributed by atoms with van der Waals surface area (Å²) >= 11 is 0. The van der Waals surface area contributed by atoms with Gasteiger partial charge >= 0.3 is 5.97 Å². The fraction of sp³-hybridized carbons (Fsp3) is 0.375. The van der Waals surface area contributed by atoms with Gasteiger partial charge in [0.1, 0.15) is 12.4 Å². The van der Waals surface area contributed by atoms with Crippen molar-refractivity contribution >= 4 is 35.0 Å². The van der Waals surface area contributed by atoms with Gasteiger partial charge in [0.15, 0.2) is 34.7 Å². The van der Waals surface area contributed by atoms with Gasteiger partial charge in [0.05, 0.1) is 23.9 Å².